The number of hydrogen-bond donors (Lipinski definition) is 1. The van der Waals surface area contributed by atoms with Crippen molar-refractivity contribution in [1.82, 2.24) is 15.3 Å². The first-order valence-electron chi connectivity index (χ1n) is 13.0. The van der Waals surface area contributed by atoms with Crippen LogP contribution in [0.1, 0.15) is 65.2 Å². The molecule has 2 atom stereocenters. The number of nitrogens with one attached hydrogen (secondary N) is 1. The summed E-state index contributed by atoms with van der Waals surface area (Å²) in [5.41, 5.74) is 0.414. The van der Waals surface area contributed by atoms with Crippen molar-refractivity contribution in [2.45, 2.75) is 78.1 Å². The zero-order valence-corrected chi connectivity index (χ0v) is 23.6. The fourth-order valence-corrected chi connectivity index (χ4v) is 5.76. The van der Waals surface area contributed by atoms with Gasteiger partial charge in [0.15, 0.2) is 6.23 Å². The van der Waals surface area contributed by atoms with Crippen LogP contribution < -0.4 is 15.0 Å². The number of nitrogens with zero attached hydrogens (tertiary/aromatic N) is 3. The maximum absolute atomic E-state index is 12.9. The Morgan fingerprint density at radius 1 is 1.24 bits per heavy atom. The number of piperidine rings is 1. The number of esters is 1. The van der Waals surface area contributed by atoms with Gasteiger partial charge < -0.3 is 14.4 Å². The molecular formula is C26H34BrClF2N4O3. The quantitative estimate of drug-likeness (QED) is 0.174. The molecule has 0 saturated carbocycles. The van der Waals surface area contributed by atoms with Crippen molar-refractivity contribution in [2.24, 2.45) is 11.3 Å². The van der Waals surface area contributed by atoms with Gasteiger partial charge in [-0.2, -0.15) is 13.8 Å². The molecule has 0 bridgehead atoms. The Kier molecular flexibility index (Phi) is 9.45. The van der Waals surface area contributed by atoms with Crippen LogP contribution in [-0.2, 0) is 9.53 Å². The van der Waals surface area contributed by atoms with Gasteiger partial charge in [-0.1, -0.05) is 46.0 Å². The van der Waals surface area contributed by atoms with E-state index in [1.165, 1.54) is 25.3 Å². The third kappa shape index (κ3) is 6.63. The van der Waals surface area contributed by atoms with Gasteiger partial charge in [0.25, 0.3) is 0 Å². The molecule has 37 heavy (non-hydrogen) atoms. The fourth-order valence-electron chi connectivity index (χ4n) is 5.16. The van der Waals surface area contributed by atoms with Crippen molar-refractivity contribution in [3.05, 3.63) is 21.9 Å². The van der Waals surface area contributed by atoms with Gasteiger partial charge in [0.05, 0.1) is 15.9 Å². The van der Waals surface area contributed by atoms with Crippen molar-refractivity contribution in [1.29, 1.82) is 0 Å². The molecule has 3 heterocycles. The van der Waals surface area contributed by atoms with E-state index in [-0.39, 0.29) is 34.6 Å². The second kappa shape index (κ2) is 12.4. The summed E-state index contributed by atoms with van der Waals surface area (Å²) in [5, 5.41) is 3.97. The van der Waals surface area contributed by atoms with Gasteiger partial charge in [0, 0.05) is 30.4 Å². The third-order valence-corrected chi connectivity index (χ3v) is 8.34. The number of unbranched alkanes of at least 4 members (excludes halogenated alkanes) is 4. The van der Waals surface area contributed by atoms with Crippen LogP contribution >= 0.6 is 27.5 Å². The second-order valence-corrected chi connectivity index (χ2v) is 11.3. The van der Waals surface area contributed by atoms with Gasteiger partial charge in [-0.05, 0) is 58.9 Å². The van der Waals surface area contributed by atoms with Gasteiger partial charge in [-0.15, -0.1) is 0 Å². The number of carbonyl (C=O) groups excluding carboxylic acids is 1. The molecule has 2 unspecified atom stereocenters. The van der Waals surface area contributed by atoms with Crippen LogP contribution in [0.4, 0.5) is 14.6 Å². The van der Waals surface area contributed by atoms with Gasteiger partial charge in [-0.3, -0.25) is 10.1 Å². The van der Waals surface area contributed by atoms with Crippen LogP contribution in [0.3, 0.4) is 0 Å². The molecule has 2 aliphatic heterocycles. The minimum Gasteiger partial charge on any atom is -0.446 e. The van der Waals surface area contributed by atoms with Crippen LogP contribution in [-0.4, -0.2) is 48.4 Å². The Balaban J connectivity index is 1.39. The average Bonchev–Trinajstić information content (AvgIpc) is 2.86. The first kappa shape index (κ1) is 28.2. The molecule has 0 radical (unpaired) electrons. The summed E-state index contributed by atoms with van der Waals surface area (Å²) in [7, 11) is 0. The zero-order valence-electron chi connectivity index (χ0n) is 21.2. The predicted molar refractivity (Wildman–Crippen MR) is 143 cm³/mol. The number of anilines is 1. The van der Waals surface area contributed by atoms with E-state index in [1.807, 2.05) is 6.92 Å². The normalized spacial score (nSPS) is 19.8. The Morgan fingerprint density at radius 2 is 1.97 bits per heavy atom. The number of aromatic nitrogens is 2. The van der Waals surface area contributed by atoms with E-state index < -0.39 is 6.61 Å². The van der Waals surface area contributed by atoms with Gasteiger partial charge in [0.2, 0.25) is 5.28 Å². The molecule has 7 nitrogen and oxygen atoms in total. The maximum Gasteiger partial charge on any atom is 0.387 e. The molecule has 11 heteroatoms. The molecule has 1 aromatic heterocycles. The number of benzene rings is 1. The summed E-state index contributed by atoms with van der Waals surface area (Å²) in [6, 6.07) is 3.12. The van der Waals surface area contributed by atoms with E-state index in [2.05, 4.69) is 47.8 Å². The Hall–Kier alpha value is -1.78. The van der Waals surface area contributed by atoms with Crippen LogP contribution in [0, 0.1) is 11.3 Å². The van der Waals surface area contributed by atoms with Crippen LogP contribution in [0.25, 0.3) is 10.9 Å². The number of carbonyl (C=O) groups is 1. The molecule has 1 aromatic carbocycles. The van der Waals surface area contributed by atoms with Crippen molar-refractivity contribution in [3.63, 3.8) is 0 Å². The molecule has 2 aliphatic rings. The third-order valence-electron chi connectivity index (χ3n) is 7.55. The minimum absolute atomic E-state index is 0.0119. The van der Waals surface area contributed by atoms with E-state index in [0.717, 1.165) is 38.6 Å². The molecule has 1 N–H and O–H groups in total. The lowest BCUT2D eigenvalue weighted by molar-refractivity contribution is -0.179. The standard InChI is InChI=1S/C26H34BrClF2N4O3/c1-3-4-5-6-7-8-16(2)22(35)37-23-26(15-31-23)9-11-34(12-10-26)21-17-13-20(36-25(29)30)18(27)14-19(17)32-24(28)33-21/h13-14,16,23,25,31H,3-12,15H2,1-2H3. The van der Waals surface area contributed by atoms with Crippen LogP contribution in [0.2, 0.25) is 5.28 Å². The van der Waals surface area contributed by atoms with Crippen LogP contribution in [0.5, 0.6) is 5.75 Å². The SMILES string of the molecule is CCCCCCCC(C)C(=O)OC1NCC12CCN(c1nc(Cl)nc3cc(Br)c(OC(F)F)cc13)CC2. The second-order valence-electron chi connectivity index (χ2n) is 10.1. The monoisotopic (exact) mass is 602 g/mol. The number of hydrogen-bond acceptors (Lipinski definition) is 7. The molecule has 2 aromatic rings. The van der Waals surface area contributed by atoms with E-state index in [1.54, 1.807) is 6.07 Å². The molecule has 2 fully saturated rings. The molecule has 4 rings (SSSR count). The van der Waals surface area contributed by atoms with Crippen molar-refractivity contribution in [2.75, 3.05) is 24.5 Å². The molecule has 0 aliphatic carbocycles. The summed E-state index contributed by atoms with van der Waals surface area (Å²) in [4.78, 5) is 23.5. The maximum atomic E-state index is 12.9. The summed E-state index contributed by atoms with van der Waals surface area (Å²) < 4.78 is 36.7. The lowest BCUT2D eigenvalue weighted by Gasteiger charge is -2.53. The van der Waals surface area contributed by atoms with E-state index in [4.69, 9.17) is 16.3 Å². The number of fused-ring (bicyclic) bond motifs is 1. The number of alkyl halides is 2. The number of ether oxygens (including phenoxy) is 2. The molecule has 1 spiro atoms. The molecule has 0 amide bonds. The fraction of sp³-hybridized carbons (Fsp3) is 0.654. The molecular weight excluding hydrogens is 570 g/mol. The highest BCUT2D eigenvalue weighted by atomic mass is 79.9. The molecule has 2 saturated heterocycles. The largest absolute Gasteiger partial charge is 0.446 e. The predicted octanol–water partition coefficient (Wildman–Crippen LogP) is 6.70. The summed E-state index contributed by atoms with van der Waals surface area (Å²) in [6.45, 7) is 3.30. The Morgan fingerprint density at radius 3 is 2.62 bits per heavy atom. The highest BCUT2D eigenvalue weighted by Gasteiger charge is 2.51. The smallest absolute Gasteiger partial charge is 0.387 e. The first-order chi connectivity index (χ1) is 17.7. The summed E-state index contributed by atoms with van der Waals surface area (Å²) in [6.07, 6.45) is 8.01. The lowest BCUT2D eigenvalue weighted by Crippen LogP contribution is -2.67. The van der Waals surface area contributed by atoms with Gasteiger partial charge >= 0.3 is 12.6 Å². The Bertz CT molecular complexity index is 1100. The van der Waals surface area contributed by atoms with Crippen LogP contribution in [0.15, 0.2) is 16.6 Å². The van der Waals surface area contributed by atoms with Crippen molar-refractivity contribution in [3.8, 4) is 5.75 Å². The highest BCUT2D eigenvalue weighted by Crippen LogP contribution is 2.43. The first-order valence-corrected chi connectivity index (χ1v) is 14.2. The lowest BCUT2D eigenvalue weighted by atomic mass is 9.71. The highest BCUT2D eigenvalue weighted by molar-refractivity contribution is 9.10. The van der Waals surface area contributed by atoms with E-state index in [9.17, 15) is 13.6 Å². The number of rotatable bonds is 11. The van der Waals surface area contributed by atoms with Crippen molar-refractivity contribution < 1.29 is 23.0 Å². The summed E-state index contributed by atoms with van der Waals surface area (Å²) in [5.74, 6) is 0.340. The van der Waals surface area contributed by atoms with E-state index in [0.29, 0.717) is 34.3 Å². The zero-order chi connectivity index (χ0) is 26.6. The average molecular weight is 604 g/mol. The summed E-state index contributed by atoms with van der Waals surface area (Å²) >= 11 is 9.46. The van der Waals surface area contributed by atoms with E-state index >= 15 is 0 Å². The Labute approximate surface area is 229 Å². The van der Waals surface area contributed by atoms with Crippen molar-refractivity contribution >= 4 is 50.2 Å². The number of halogens is 4. The molecule has 204 valence electrons. The van der Waals surface area contributed by atoms with Gasteiger partial charge in [0.1, 0.15) is 11.6 Å². The minimum atomic E-state index is -2.95. The van der Waals surface area contributed by atoms with Gasteiger partial charge in [-0.25, -0.2) is 4.98 Å². The topological polar surface area (TPSA) is 76.6 Å².